The van der Waals surface area contributed by atoms with Gasteiger partial charge in [0.2, 0.25) is 11.7 Å². The molecule has 3 aromatic rings. The molecule has 0 saturated carbocycles. The van der Waals surface area contributed by atoms with Gasteiger partial charge in [-0.15, -0.1) is 0 Å². The second kappa shape index (κ2) is 7.39. The second-order valence-corrected chi connectivity index (χ2v) is 7.59. The summed E-state index contributed by atoms with van der Waals surface area (Å²) in [5.41, 5.74) is 0.740. The normalized spacial score (nSPS) is 16.8. The molecule has 158 valence electrons. The zero-order chi connectivity index (χ0) is 21.5. The van der Waals surface area contributed by atoms with Crippen molar-refractivity contribution in [2.45, 2.75) is 38.1 Å². The Labute approximate surface area is 171 Å². The average Bonchev–Trinajstić information content (AvgIpc) is 3.08. The number of aryl methyl sites for hydroxylation is 1. The second-order valence-electron chi connectivity index (χ2n) is 7.59. The molecule has 1 fully saturated rings. The van der Waals surface area contributed by atoms with Crippen LogP contribution in [0.5, 0.6) is 0 Å². The number of rotatable bonds is 3. The number of imidazole rings is 1. The number of hydrogen-bond acceptors (Lipinski definition) is 4. The van der Waals surface area contributed by atoms with Crippen molar-refractivity contribution in [3.8, 4) is 0 Å². The number of hydrogen-bond donors (Lipinski definition) is 1. The smallest absolute Gasteiger partial charge is 0.383 e. The van der Waals surface area contributed by atoms with Crippen LogP contribution in [0, 0.1) is 6.92 Å². The number of para-hydroxylation sites is 2. The number of likely N-dealkylation sites (tertiary alicyclic amines) is 1. The van der Waals surface area contributed by atoms with E-state index in [9.17, 15) is 23.1 Å². The van der Waals surface area contributed by atoms with Gasteiger partial charge < -0.3 is 14.6 Å². The van der Waals surface area contributed by atoms with Gasteiger partial charge in [0.1, 0.15) is 12.1 Å². The molecule has 1 amide bonds. The Kier molecular flexibility index (Phi) is 5.01. The molecule has 0 spiro atoms. The molecule has 1 saturated heterocycles. The number of alkyl halides is 3. The van der Waals surface area contributed by atoms with E-state index in [1.807, 2.05) is 13.0 Å². The molecule has 0 atom stereocenters. The van der Waals surface area contributed by atoms with Crippen LogP contribution >= 0.6 is 0 Å². The van der Waals surface area contributed by atoms with Crippen molar-refractivity contribution in [1.29, 1.82) is 0 Å². The molecule has 0 bridgehead atoms. The number of nitrogens with zero attached hydrogens (tertiary/aromatic N) is 4. The topological polar surface area (TPSA) is 71.2 Å². The zero-order valence-electron chi connectivity index (χ0n) is 16.4. The van der Waals surface area contributed by atoms with Crippen molar-refractivity contribution in [1.82, 2.24) is 19.4 Å². The van der Waals surface area contributed by atoms with Crippen LogP contribution in [0.2, 0.25) is 0 Å². The highest BCUT2D eigenvalue weighted by Crippen LogP contribution is 2.34. The number of amides is 1. The van der Waals surface area contributed by atoms with Gasteiger partial charge in [-0.05, 0) is 43.5 Å². The molecule has 30 heavy (non-hydrogen) atoms. The Morgan fingerprint density at radius 3 is 2.53 bits per heavy atom. The standard InChI is InChI=1S/C21H21F3N4O2/c1-14-5-4-10-25-18(14)20(30)8-11-27(12-9-20)17(29)13-28-16-7-3-2-6-15(16)26-19(28)21(22,23)24/h2-7,10,30H,8-9,11-13H2,1H3. The minimum atomic E-state index is -4.67. The maximum atomic E-state index is 13.5. The lowest BCUT2D eigenvalue weighted by Gasteiger charge is -2.38. The lowest BCUT2D eigenvalue weighted by molar-refractivity contribution is -0.148. The van der Waals surface area contributed by atoms with Crippen LogP contribution in [0.15, 0.2) is 42.6 Å². The van der Waals surface area contributed by atoms with E-state index in [-0.39, 0.29) is 37.0 Å². The molecule has 6 nitrogen and oxygen atoms in total. The first-order chi connectivity index (χ1) is 14.2. The fourth-order valence-corrected chi connectivity index (χ4v) is 4.02. The summed E-state index contributed by atoms with van der Waals surface area (Å²) in [6, 6.07) is 9.87. The van der Waals surface area contributed by atoms with Crippen LogP contribution < -0.4 is 0 Å². The van der Waals surface area contributed by atoms with Gasteiger partial charge in [0.25, 0.3) is 0 Å². The summed E-state index contributed by atoms with van der Waals surface area (Å²) in [6.45, 7) is 1.87. The van der Waals surface area contributed by atoms with Gasteiger partial charge in [-0.2, -0.15) is 13.2 Å². The summed E-state index contributed by atoms with van der Waals surface area (Å²) in [4.78, 5) is 22.3. The van der Waals surface area contributed by atoms with Crippen molar-refractivity contribution in [3.63, 3.8) is 0 Å². The number of pyridine rings is 1. The lowest BCUT2D eigenvalue weighted by atomic mass is 9.85. The Balaban J connectivity index is 1.53. The van der Waals surface area contributed by atoms with Crippen LogP contribution in [0.25, 0.3) is 11.0 Å². The first-order valence-electron chi connectivity index (χ1n) is 9.64. The minimum absolute atomic E-state index is 0.191. The van der Waals surface area contributed by atoms with Crippen LogP contribution in [0.3, 0.4) is 0 Å². The Bertz CT molecular complexity index is 1090. The highest BCUT2D eigenvalue weighted by atomic mass is 19.4. The van der Waals surface area contributed by atoms with E-state index in [0.717, 1.165) is 10.1 Å². The summed E-state index contributed by atoms with van der Waals surface area (Å²) in [5, 5.41) is 11.0. The first-order valence-corrected chi connectivity index (χ1v) is 9.64. The zero-order valence-corrected chi connectivity index (χ0v) is 16.4. The van der Waals surface area contributed by atoms with Gasteiger partial charge in [-0.25, -0.2) is 4.98 Å². The van der Waals surface area contributed by atoms with Crippen LogP contribution in [-0.2, 0) is 23.1 Å². The number of piperidine rings is 1. The highest BCUT2D eigenvalue weighted by molar-refractivity contribution is 5.81. The Morgan fingerprint density at radius 2 is 1.87 bits per heavy atom. The average molecular weight is 418 g/mol. The molecule has 2 aromatic heterocycles. The van der Waals surface area contributed by atoms with E-state index < -0.39 is 30.1 Å². The molecule has 1 aliphatic heterocycles. The Hall–Kier alpha value is -2.94. The van der Waals surface area contributed by atoms with E-state index in [2.05, 4.69) is 9.97 Å². The van der Waals surface area contributed by atoms with Gasteiger partial charge >= 0.3 is 6.18 Å². The number of halogens is 3. The third-order valence-electron chi connectivity index (χ3n) is 5.60. The first kappa shape index (κ1) is 20.3. The summed E-state index contributed by atoms with van der Waals surface area (Å²) < 4.78 is 41.3. The molecule has 4 rings (SSSR count). The van der Waals surface area contributed by atoms with Gasteiger partial charge in [0.15, 0.2) is 0 Å². The number of carbonyl (C=O) groups excluding carboxylic acids is 1. The summed E-state index contributed by atoms with van der Waals surface area (Å²) in [6.07, 6.45) is -2.51. The molecule has 3 heterocycles. The predicted octanol–water partition coefficient (Wildman–Crippen LogP) is 3.27. The minimum Gasteiger partial charge on any atom is -0.383 e. The fourth-order valence-electron chi connectivity index (χ4n) is 4.02. The lowest BCUT2D eigenvalue weighted by Crippen LogP contribution is -2.46. The van der Waals surface area contributed by atoms with Crippen molar-refractivity contribution in [2.75, 3.05) is 13.1 Å². The van der Waals surface area contributed by atoms with Gasteiger partial charge in [-0.3, -0.25) is 9.78 Å². The molecule has 0 unspecified atom stereocenters. The van der Waals surface area contributed by atoms with Crippen molar-refractivity contribution < 1.29 is 23.1 Å². The monoisotopic (exact) mass is 418 g/mol. The molecule has 0 aliphatic carbocycles. The number of carbonyl (C=O) groups is 1. The maximum absolute atomic E-state index is 13.5. The van der Waals surface area contributed by atoms with E-state index in [4.69, 9.17) is 0 Å². The maximum Gasteiger partial charge on any atom is 0.449 e. The third kappa shape index (κ3) is 3.65. The summed E-state index contributed by atoms with van der Waals surface area (Å²) in [5.74, 6) is -1.53. The largest absolute Gasteiger partial charge is 0.449 e. The predicted molar refractivity (Wildman–Crippen MR) is 103 cm³/mol. The van der Waals surface area contributed by atoms with Gasteiger partial charge in [-0.1, -0.05) is 18.2 Å². The van der Waals surface area contributed by atoms with Gasteiger partial charge in [0.05, 0.1) is 16.7 Å². The van der Waals surface area contributed by atoms with E-state index >= 15 is 0 Å². The molecular weight excluding hydrogens is 397 g/mol. The van der Waals surface area contributed by atoms with E-state index in [1.54, 1.807) is 24.4 Å². The van der Waals surface area contributed by atoms with E-state index in [0.29, 0.717) is 5.69 Å². The SMILES string of the molecule is Cc1cccnc1C1(O)CCN(C(=O)Cn2c(C(F)(F)F)nc3ccccc32)CC1. The highest BCUT2D eigenvalue weighted by Gasteiger charge is 2.40. The van der Waals surface area contributed by atoms with Gasteiger partial charge in [0, 0.05) is 19.3 Å². The quantitative estimate of drug-likeness (QED) is 0.709. The molecule has 0 radical (unpaired) electrons. The molecule has 1 N–H and O–H groups in total. The summed E-state index contributed by atoms with van der Waals surface area (Å²) >= 11 is 0. The Morgan fingerprint density at radius 1 is 1.17 bits per heavy atom. The fraction of sp³-hybridized carbons (Fsp3) is 0.381. The van der Waals surface area contributed by atoms with Crippen molar-refractivity contribution >= 4 is 16.9 Å². The van der Waals surface area contributed by atoms with Crippen LogP contribution in [-0.4, -0.2) is 43.5 Å². The van der Waals surface area contributed by atoms with Crippen molar-refractivity contribution in [2.24, 2.45) is 0 Å². The number of fused-ring (bicyclic) bond motifs is 1. The summed E-state index contributed by atoms with van der Waals surface area (Å²) in [7, 11) is 0. The molecule has 1 aliphatic rings. The van der Waals surface area contributed by atoms with Crippen LogP contribution in [0.1, 0.15) is 29.9 Å². The molecule has 1 aromatic carbocycles. The molecular formula is C21H21F3N4O2. The molecule has 9 heteroatoms. The van der Waals surface area contributed by atoms with Crippen LogP contribution in [0.4, 0.5) is 13.2 Å². The van der Waals surface area contributed by atoms with Crippen molar-refractivity contribution in [3.05, 3.63) is 59.7 Å². The number of aromatic nitrogens is 3. The number of aliphatic hydroxyl groups is 1. The van der Waals surface area contributed by atoms with E-state index in [1.165, 1.54) is 17.0 Å². The number of benzene rings is 1. The third-order valence-corrected chi connectivity index (χ3v) is 5.60.